The minimum Gasteiger partial charge on any atom is -0.207 e. The third-order valence-corrected chi connectivity index (χ3v) is 6.80. The monoisotopic (exact) mass is 288 g/mol. The van der Waals surface area contributed by atoms with E-state index in [0.717, 1.165) is 11.8 Å². The van der Waals surface area contributed by atoms with Gasteiger partial charge in [0.1, 0.15) is 0 Å². The van der Waals surface area contributed by atoms with Crippen molar-refractivity contribution in [3.8, 4) is 6.07 Å². The van der Waals surface area contributed by atoms with Crippen LogP contribution in [0.5, 0.6) is 0 Å². The number of hydrogen-bond donors (Lipinski definition) is 1. The largest absolute Gasteiger partial charge is 0.240 e. The predicted molar refractivity (Wildman–Crippen MR) is 73.1 cm³/mol. The van der Waals surface area contributed by atoms with Crippen LogP contribution in [0.15, 0.2) is 29.2 Å². The maximum Gasteiger partial charge on any atom is 0.240 e. The smallest absolute Gasteiger partial charge is 0.207 e. The second-order valence-electron chi connectivity index (χ2n) is 6.27. The summed E-state index contributed by atoms with van der Waals surface area (Å²) in [7, 11) is -3.44. The van der Waals surface area contributed by atoms with Gasteiger partial charge in [-0.2, -0.15) is 5.26 Å². The fraction of sp³-hybridized carbons (Fsp3) is 0.533. The lowest BCUT2D eigenvalue weighted by molar-refractivity contribution is 0.456. The Kier molecular flexibility index (Phi) is 2.51. The minimum absolute atomic E-state index is 0.155. The van der Waals surface area contributed by atoms with E-state index in [1.165, 1.54) is 31.4 Å². The van der Waals surface area contributed by atoms with Gasteiger partial charge in [0.15, 0.2) is 0 Å². The molecule has 4 nitrogen and oxygen atoms in total. The van der Waals surface area contributed by atoms with Crippen LogP contribution in [0.2, 0.25) is 0 Å². The topological polar surface area (TPSA) is 70.0 Å². The van der Waals surface area contributed by atoms with Crippen LogP contribution in [0.3, 0.4) is 0 Å². The van der Waals surface area contributed by atoms with Crippen molar-refractivity contribution < 1.29 is 8.42 Å². The van der Waals surface area contributed by atoms with E-state index in [2.05, 4.69) is 4.72 Å². The van der Waals surface area contributed by atoms with Gasteiger partial charge in [-0.05, 0) is 67.2 Å². The number of nitrogens with one attached hydrogen (secondary N) is 1. The quantitative estimate of drug-likeness (QED) is 0.923. The van der Waals surface area contributed by atoms with Gasteiger partial charge < -0.3 is 0 Å². The second kappa shape index (κ2) is 4.06. The van der Waals surface area contributed by atoms with Gasteiger partial charge in [-0.15, -0.1) is 0 Å². The molecule has 1 N–H and O–H groups in total. The van der Waals surface area contributed by atoms with E-state index in [-0.39, 0.29) is 10.9 Å². The van der Waals surface area contributed by atoms with Crippen LogP contribution in [0.4, 0.5) is 0 Å². The molecule has 0 amide bonds. The molecule has 4 rings (SSSR count). The van der Waals surface area contributed by atoms with Crippen LogP contribution in [0.25, 0.3) is 0 Å². The number of nitrogens with zero attached hydrogens (tertiary/aromatic N) is 1. The van der Waals surface area contributed by atoms with Crippen molar-refractivity contribution in [2.75, 3.05) is 0 Å². The molecule has 2 bridgehead atoms. The zero-order valence-electron chi connectivity index (χ0n) is 11.0. The van der Waals surface area contributed by atoms with E-state index in [1.54, 1.807) is 12.1 Å². The first-order valence-corrected chi connectivity index (χ1v) is 8.61. The maximum atomic E-state index is 12.4. The van der Waals surface area contributed by atoms with Crippen molar-refractivity contribution in [2.24, 2.45) is 23.7 Å². The Labute approximate surface area is 118 Å². The summed E-state index contributed by atoms with van der Waals surface area (Å²) >= 11 is 0. The Morgan fingerprint density at radius 2 is 1.70 bits per heavy atom. The van der Waals surface area contributed by atoms with E-state index in [1.807, 2.05) is 6.07 Å². The zero-order valence-corrected chi connectivity index (χ0v) is 11.8. The van der Waals surface area contributed by atoms with Gasteiger partial charge in [0.25, 0.3) is 0 Å². The van der Waals surface area contributed by atoms with Crippen molar-refractivity contribution in [3.63, 3.8) is 0 Å². The molecular formula is C15H16N2O2S. The van der Waals surface area contributed by atoms with Crippen LogP contribution < -0.4 is 4.72 Å². The van der Waals surface area contributed by atoms with E-state index >= 15 is 0 Å². The minimum atomic E-state index is -3.44. The molecule has 0 heterocycles. The van der Waals surface area contributed by atoms with Crippen molar-refractivity contribution >= 4 is 10.0 Å². The van der Waals surface area contributed by atoms with Crippen molar-refractivity contribution in [1.29, 1.82) is 5.26 Å². The number of nitriles is 1. The van der Waals surface area contributed by atoms with E-state index in [9.17, 15) is 8.42 Å². The summed E-state index contributed by atoms with van der Waals surface area (Å²) in [6.07, 6.45) is 3.87. The van der Waals surface area contributed by atoms with Gasteiger partial charge in [0.05, 0.1) is 16.5 Å². The number of fused-ring (bicyclic) bond motifs is 5. The SMILES string of the molecule is N#Cc1ccc(S(=O)(=O)NC2C3C4CCC(C4)C23)cc1. The summed E-state index contributed by atoms with van der Waals surface area (Å²) in [5, 5.41) is 8.75. The summed E-state index contributed by atoms with van der Waals surface area (Å²) < 4.78 is 27.6. The molecule has 3 aliphatic carbocycles. The molecule has 4 unspecified atom stereocenters. The lowest BCUT2D eigenvalue weighted by Gasteiger charge is -2.11. The lowest BCUT2D eigenvalue weighted by Crippen LogP contribution is -2.30. The Morgan fingerprint density at radius 1 is 1.10 bits per heavy atom. The first-order valence-electron chi connectivity index (χ1n) is 7.12. The predicted octanol–water partition coefficient (Wildman–Crippen LogP) is 1.88. The number of rotatable bonds is 3. The Bertz CT molecular complexity index is 674. The molecule has 4 atom stereocenters. The molecule has 0 spiro atoms. The number of hydrogen-bond acceptors (Lipinski definition) is 3. The molecule has 0 radical (unpaired) electrons. The van der Waals surface area contributed by atoms with E-state index < -0.39 is 10.0 Å². The Hall–Kier alpha value is -1.38. The Morgan fingerprint density at radius 3 is 2.25 bits per heavy atom. The molecule has 0 saturated heterocycles. The molecule has 3 saturated carbocycles. The average molecular weight is 288 g/mol. The van der Waals surface area contributed by atoms with Crippen LogP contribution in [-0.2, 0) is 10.0 Å². The van der Waals surface area contributed by atoms with Crippen LogP contribution in [-0.4, -0.2) is 14.5 Å². The van der Waals surface area contributed by atoms with Crippen molar-refractivity contribution in [2.45, 2.75) is 30.2 Å². The highest BCUT2D eigenvalue weighted by molar-refractivity contribution is 7.89. The third-order valence-electron chi connectivity index (χ3n) is 5.32. The molecule has 104 valence electrons. The molecule has 5 heteroatoms. The van der Waals surface area contributed by atoms with Gasteiger partial charge >= 0.3 is 0 Å². The molecular weight excluding hydrogens is 272 g/mol. The standard InChI is InChI=1S/C15H16N2O2S/c16-8-9-1-5-12(6-2-9)20(18,19)17-15-13-10-3-4-11(7-10)14(13)15/h1-2,5-6,10-11,13-15,17H,3-4,7H2. The lowest BCUT2D eigenvalue weighted by atomic mass is 10.0. The number of benzene rings is 1. The molecule has 0 aromatic heterocycles. The molecule has 0 aliphatic heterocycles. The molecule has 3 aliphatic rings. The van der Waals surface area contributed by atoms with E-state index in [4.69, 9.17) is 5.26 Å². The first-order chi connectivity index (χ1) is 9.60. The molecule has 20 heavy (non-hydrogen) atoms. The van der Waals surface area contributed by atoms with Gasteiger partial charge in [-0.1, -0.05) is 0 Å². The highest BCUT2D eigenvalue weighted by Gasteiger charge is 2.65. The van der Waals surface area contributed by atoms with Crippen molar-refractivity contribution in [3.05, 3.63) is 29.8 Å². The first kappa shape index (κ1) is 12.4. The van der Waals surface area contributed by atoms with Crippen molar-refractivity contribution in [1.82, 2.24) is 4.72 Å². The van der Waals surface area contributed by atoms with Gasteiger partial charge in [-0.25, -0.2) is 13.1 Å². The van der Waals surface area contributed by atoms with E-state index in [0.29, 0.717) is 17.4 Å². The van der Waals surface area contributed by atoms with Crippen LogP contribution in [0, 0.1) is 35.0 Å². The maximum absolute atomic E-state index is 12.4. The summed E-state index contributed by atoms with van der Waals surface area (Å²) in [5.74, 6) is 2.67. The normalized spacial score (nSPS) is 37.5. The van der Waals surface area contributed by atoms with Crippen LogP contribution in [0.1, 0.15) is 24.8 Å². The summed E-state index contributed by atoms with van der Waals surface area (Å²) in [6, 6.07) is 8.26. The Balaban J connectivity index is 1.52. The molecule has 1 aromatic carbocycles. The fourth-order valence-electron chi connectivity index (χ4n) is 4.44. The van der Waals surface area contributed by atoms with Crippen LogP contribution >= 0.6 is 0 Å². The average Bonchev–Trinajstić information content (AvgIpc) is 2.86. The highest BCUT2D eigenvalue weighted by atomic mass is 32.2. The molecule has 1 aromatic rings. The van der Waals surface area contributed by atoms with Gasteiger partial charge in [0, 0.05) is 6.04 Å². The van der Waals surface area contributed by atoms with Gasteiger partial charge in [-0.3, -0.25) is 0 Å². The summed E-state index contributed by atoms with van der Waals surface area (Å²) in [6.45, 7) is 0. The second-order valence-corrected chi connectivity index (χ2v) is 7.99. The van der Waals surface area contributed by atoms with Gasteiger partial charge in [0.2, 0.25) is 10.0 Å². The third kappa shape index (κ3) is 1.72. The summed E-state index contributed by atoms with van der Waals surface area (Å²) in [5.41, 5.74) is 0.477. The highest BCUT2D eigenvalue weighted by Crippen LogP contribution is 2.65. The summed E-state index contributed by atoms with van der Waals surface area (Å²) in [4.78, 5) is 0.258. The fourth-order valence-corrected chi connectivity index (χ4v) is 5.74. The number of sulfonamides is 1. The molecule has 3 fully saturated rings. The zero-order chi connectivity index (χ0) is 13.9.